The molecule has 2 aliphatic carbocycles. The van der Waals surface area contributed by atoms with E-state index in [0.29, 0.717) is 54.9 Å². The first-order valence-corrected chi connectivity index (χ1v) is 14.1. The van der Waals surface area contributed by atoms with E-state index in [4.69, 9.17) is 14.2 Å². The molecular weight excluding hydrogens is 464 g/mol. The van der Waals surface area contributed by atoms with Gasteiger partial charge in [0, 0.05) is 42.7 Å². The smallest absolute Gasteiger partial charge is 0.163 e. The quantitative estimate of drug-likeness (QED) is 0.301. The maximum absolute atomic E-state index is 13.5. The van der Waals surface area contributed by atoms with Gasteiger partial charge in [-0.1, -0.05) is 72.8 Å². The van der Waals surface area contributed by atoms with Crippen LogP contribution in [0.4, 0.5) is 0 Å². The Kier molecular flexibility index (Phi) is 8.20. The number of unbranched alkanes of at least 4 members (excludes halogenated alkanes) is 5. The van der Waals surface area contributed by atoms with Gasteiger partial charge in [-0.05, 0) is 34.9 Å². The number of ether oxygens (including phenoxy) is 3. The van der Waals surface area contributed by atoms with E-state index < -0.39 is 5.92 Å². The maximum atomic E-state index is 13.5. The van der Waals surface area contributed by atoms with Gasteiger partial charge in [-0.15, -0.1) is 0 Å². The number of allylic oxidation sites excluding steroid dienone is 4. The van der Waals surface area contributed by atoms with Crippen LogP contribution < -0.4 is 9.47 Å². The Hall–Kier alpha value is -2.56. The van der Waals surface area contributed by atoms with Gasteiger partial charge in [0.15, 0.2) is 23.1 Å². The molecule has 1 heterocycles. The largest absolute Gasteiger partial charge is 0.493 e. The van der Waals surface area contributed by atoms with Crippen molar-refractivity contribution in [2.24, 2.45) is 10.8 Å². The average molecular weight is 509 g/mol. The third-order valence-corrected chi connectivity index (χ3v) is 7.86. The Morgan fingerprint density at radius 1 is 0.811 bits per heavy atom. The molecule has 0 bridgehead atoms. The number of carbonyl (C=O) groups excluding carboxylic acids is 2. The normalized spacial score (nSPS) is 20.9. The fraction of sp³-hybridized carbons (Fsp3) is 0.625. The molecule has 0 saturated carbocycles. The molecule has 0 fully saturated rings. The molecule has 0 N–H and O–H groups in total. The number of hydrogen-bond donors (Lipinski definition) is 0. The van der Waals surface area contributed by atoms with Crippen molar-refractivity contribution in [1.29, 1.82) is 0 Å². The number of benzene rings is 1. The molecule has 1 aromatic rings. The molecule has 3 aliphatic rings. The van der Waals surface area contributed by atoms with Crippen molar-refractivity contribution in [3.63, 3.8) is 0 Å². The standard InChI is InChI=1S/C32H44O5/c1-7-8-9-10-11-12-15-36-24-14-13-21(16-25(24)35-6)28-29-22(33)17-31(2,3)19-26(29)37-27-20-32(4,5)18-23(34)30(27)28/h13-14,16,28H,7-12,15,17-20H2,1-6H3. The van der Waals surface area contributed by atoms with Gasteiger partial charge in [-0.2, -0.15) is 0 Å². The lowest BCUT2D eigenvalue weighted by molar-refractivity contribution is -0.120. The van der Waals surface area contributed by atoms with Crippen molar-refractivity contribution in [3.8, 4) is 11.5 Å². The number of Topliss-reactive ketones (excluding diaryl/α,β-unsaturated/α-hetero) is 2. The zero-order valence-corrected chi connectivity index (χ0v) is 23.6. The molecule has 5 nitrogen and oxygen atoms in total. The van der Waals surface area contributed by atoms with Crippen molar-refractivity contribution in [1.82, 2.24) is 0 Å². The third-order valence-electron chi connectivity index (χ3n) is 7.86. The van der Waals surface area contributed by atoms with E-state index in [1.54, 1.807) is 7.11 Å². The highest BCUT2D eigenvalue weighted by atomic mass is 16.5. The van der Waals surface area contributed by atoms with Crippen LogP contribution in [0.1, 0.15) is 110 Å². The minimum atomic E-state index is -0.424. The van der Waals surface area contributed by atoms with Gasteiger partial charge in [-0.25, -0.2) is 0 Å². The first-order chi connectivity index (χ1) is 17.5. The van der Waals surface area contributed by atoms with E-state index in [-0.39, 0.29) is 22.4 Å². The monoisotopic (exact) mass is 508 g/mol. The van der Waals surface area contributed by atoms with Crippen LogP contribution in [0.5, 0.6) is 11.5 Å². The van der Waals surface area contributed by atoms with E-state index in [1.807, 2.05) is 18.2 Å². The van der Waals surface area contributed by atoms with Crippen LogP contribution in [-0.2, 0) is 14.3 Å². The molecule has 37 heavy (non-hydrogen) atoms. The second kappa shape index (κ2) is 11.0. The lowest BCUT2D eigenvalue weighted by Gasteiger charge is -2.42. The number of rotatable bonds is 10. The van der Waals surface area contributed by atoms with Crippen LogP contribution in [0.3, 0.4) is 0 Å². The summed E-state index contributed by atoms with van der Waals surface area (Å²) in [6.45, 7) is 11.3. The highest BCUT2D eigenvalue weighted by molar-refractivity contribution is 6.06. The first-order valence-electron chi connectivity index (χ1n) is 14.1. The van der Waals surface area contributed by atoms with Gasteiger partial charge in [0.1, 0.15) is 11.5 Å². The molecule has 0 saturated heterocycles. The molecule has 0 atom stereocenters. The van der Waals surface area contributed by atoms with E-state index in [9.17, 15) is 9.59 Å². The molecule has 5 heteroatoms. The number of methoxy groups -OCH3 is 1. The highest BCUT2D eigenvalue weighted by Gasteiger charge is 2.47. The van der Waals surface area contributed by atoms with Gasteiger partial charge in [-0.3, -0.25) is 9.59 Å². The number of hydrogen-bond acceptors (Lipinski definition) is 5. The predicted molar refractivity (Wildman–Crippen MR) is 146 cm³/mol. The van der Waals surface area contributed by atoms with Crippen LogP contribution in [0, 0.1) is 10.8 Å². The van der Waals surface area contributed by atoms with Gasteiger partial charge < -0.3 is 14.2 Å². The van der Waals surface area contributed by atoms with Crippen LogP contribution in [0.25, 0.3) is 0 Å². The molecule has 4 rings (SSSR count). The fourth-order valence-electron chi connectivity index (χ4n) is 6.06. The summed E-state index contributed by atoms with van der Waals surface area (Å²) in [6, 6.07) is 5.86. The molecule has 0 radical (unpaired) electrons. The predicted octanol–water partition coefficient (Wildman–Crippen LogP) is 7.83. The Bertz CT molecular complexity index is 1050. The second-order valence-corrected chi connectivity index (χ2v) is 12.6. The summed E-state index contributed by atoms with van der Waals surface area (Å²) in [6.07, 6.45) is 9.50. The summed E-state index contributed by atoms with van der Waals surface area (Å²) in [4.78, 5) is 27.0. The van der Waals surface area contributed by atoms with Crippen LogP contribution >= 0.6 is 0 Å². The highest BCUT2D eigenvalue weighted by Crippen LogP contribution is 2.53. The van der Waals surface area contributed by atoms with Crippen LogP contribution in [0.15, 0.2) is 40.9 Å². The summed E-state index contributed by atoms with van der Waals surface area (Å²) < 4.78 is 18.2. The molecule has 0 amide bonds. The Labute approximate surface area is 222 Å². The molecule has 1 aromatic carbocycles. The van der Waals surface area contributed by atoms with Gasteiger partial charge in [0.05, 0.1) is 13.7 Å². The molecule has 0 spiro atoms. The summed E-state index contributed by atoms with van der Waals surface area (Å²) >= 11 is 0. The van der Waals surface area contributed by atoms with Crippen LogP contribution in [-0.4, -0.2) is 25.3 Å². The van der Waals surface area contributed by atoms with Gasteiger partial charge in [0.2, 0.25) is 0 Å². The summed E-state index contributed by atoms with van der Waals surface area (Å²) in [5.74, 6) is 2.52. The lowest BCUT2D eigenvalue weighted by Crippen LogP contribution is -2.37. The summed E-state index contributed by atoms with van der Waals surface area (Å²) in [7, 11) is 1.64. The lowest BCUT2D eigenvalue weighted by atomic mass is 9.65. The van der Waals surface area contributed by atoms with Crippen molar-refractivity contribution < 1.29 is 23.8 Å². The third kappa shape index (κ3) is 6.13. The number of ketones is 2. The molecule has 1 aliphatic heterocycles. The molecular formula is C32H44O5. The van der Waals surface area contributed by atoms with E-state index >= 15 is 0 Å². The summed E-state index contributed by atoms with van der Waals surface area (Å²) in [5.41, 5.74) is 1.84. The van der Waals surface area contributed by atoms with Crippen molar-refractivity contribution in [3.05, 3.63) is 46.4 Å². The summed E-state index contributed by atoms with van der Waals surface area (Å²) in [5, 5.41) is 0. The van der Waals surface area contributed by atoms with E-state index in [0.717, 1.165) is 29.9 Å². The van der Waals surface area contributed by atoms with E-state index in [2.05, 4.69) is 34.6 Å². The van der Waals surface area contributed by atoms with Gasteiger partial charge >= 0.3 is 0 Å². The Morgan fingerprint density at radius 2 is 1.38 bits per heavy atom. The molecule has 202 valence electrons. The zero-order chi connectivity index (χ0) is 26.8. The Morgan fingerprint density at radius 3 is 1.95 bits per heavy atom. The average Bonchev–Trinajstić information content (AvgIpc) is 2.80. The van der Waals surface area contributed by atoms with Crippen molar-refractivity contribution in [2.75, 3.05) is 13.7 Å². The molecule has 0 unspecified atom stereocenters. The first kappa shape index (κ1) is 27.5. The zero-order valence-electron chi connectivity index (χ0n) is 23.6. The maximum Gasteiger partial charge on any atom is 0.163 e. The molecule has 0 aromatic heterocycles. The SMILES string of the molecule is CCCCCCCCOc1ccc(C2C3=C(CC(C)(C)CC3=O)OC3=C2C(=O)CC(C)(C)C3)cc1OC. The second-order valence-electron chi connectivity index (χ2n) is 12.6. The van der Waals surface area contributed by atoms with Crippen LogP contribution in [0.2, 0.25) is 0 Å². The topological polar surface area (TPSA) is 61.8 Å². The Balaban J connectivity index is 1.64. The van der Waals surface area contributed by atoms with E-state index in [1.165, 1.54) is 25.7 Å². The number of carbonyl (C=O) groups is 2. The fourth-order valence-corrected chi connectivity index (χ4v) is 6.06. The minimum Gasteiger partial charge on any atom is -0.493 e. The van der Waals surface area contributed by atoms with Gasteiger partial charge in [0.25, 0.3) is 0 Å². The van der Waals surface area contributed by atoms with Crippen molar-refractivity contribution >= 4 is 11.6 Å². The van der Waals surface area contributed by atoms with Crippen molar-refractivity contribution in [2.45, 2.75) is 105 Å². The minimum absolute atomic E-state index is 0.0720.